The summed E-state index contributed by atoms with van der Waals surface area (Å²) in [5, 5.41) is 31.6. The summed E-state index contributed by atoms with van der Waals surface area (Å²) in [5.74, 6) is -0.347. The fourth-order valence-corrected chi connectivity index (χ4v) is 2.33. The van der Waals surface area contributed by atoms with Gasteiger partial charge in [-0.2, -0.15) is 0 Å². The molecule has 1 aromatic carbocycles. The normalized spacial score (nSPS) is 33.7. The monoisotopic (exact) mass is 281 g/mol. The minimum absolute atomic E-state index is 0.347. The van der Waals surface area contributed by atoms with Crippen LogP contribution >= 0.6 is 0 Å². The second-order valence-electron chi connectivity index (χ2n) is 4.91. The van der Waals surface area contributed by atoms with E-state index in [4.69, 9.17) is 9.84 Å². The fourth-order valence-electron chi connectivity index (χ4n) is 2.33. The van der Waals surface area contributed by atoms with Crippen molar-refractivity contribution in [2.24, 2.45) is 0 Å². The average molecular weight is 281 g/mol. The molecule has 1 saturated heterocycles. The number of hydrogen-bond acceptors (Lipinski definition) is 5. The number of ether oxygens (including phenoxy) is 1. The number of aliphatic hydroxyl groups is 3. The molecule has 1 aromatic rings. The minimum Gasteiger partial charge on any atom is -0.394 e. The van der Waals surface area contributed by atoms with Crippen molar-refractivity contribution in [3.8, 4) is 0 Å². The molecule has 0 bridgehead atoms. The largest absolute Gasteiger partial charge is 0.394 e. The highest BCUT2D eigenvalue weighted by Gasteiger charge is 2.42. The number of carbonyl (C=O) groups excluding carboxylic acids is 1. The number of carbonyl (C=O) groups is 1. The summed E-state index contributed by atoms with van der Waals surface area (Å²) in [6.45, 7) is 1.29. The lowest BCUT2D eigenvalue weighted by atomic mass is 9.93. The maximum Gasteiger partial charge on any atom is 0.251 e. The summed E-state index contributed by atoms with van der Waals surface area (Å²) in [7, 11) is 0. The van der Waals surface area contributed by atoms with E-state index in [1.54, 1.807) is 37.3 Å². The molecule has 5 atom stereocenters. The number of rotatable bonds is 3. The van der Waals surface area contributed by atoms with Gasteiger partial charge >= 0.3 is 0 Å². The molecular weight excluding hydrogens is 262 g/mol. The molecule has 6 nitrogen and oxygen atoms in total. The molecule has 0 radical (unpaired) electrons. The van der Waals surface area contributed by atoms with Gasteiger partial charge in [-0.1, -0.05) is 18.2 Å². The first-order chi connectivity index (χ1) is 9.54. The van der Waals surface area contributed by atoms with Gasteiger partial charge in [0.2, 0.25) is 0 Å². The molecule has 1 aliphatic rings. The lowest BCUT2D eigenvalue weighted by Crippen LogP contribution is -2.63. The Balaban J connectivity index is 2.07. The molecule has 1 aliphatic heterocycles. The van der Waals surface area contributed by atoms with Crippen LogP contribution in [-0.4, -0.2) is 58.3 Å². The molecule has 1 fully saturated rings. The van der Waals surface area contributed by atoms with Crippen LogP contribution in [0.3, 0.4) is 0 Å². The zero-order valence-electron chi connectivity index (χ0n) is 11.1. The van der Waals surface area contributed by atoms with E-state index in [9.17, 15) is 15.0 Å². The van der Waals surface area contributed by atoms with E-state index in [1.165, 1.54) is 0 Å². The van der Waals surface area contributed by atoms with Crippen LogP contribution < -0.4 is 5.32 Å². The third-order valence-corrected chi connectivity index (χ3v) is 3.51. The van der Waals surface area contributed by atoms with Crippen LogP contribution in [0.25, 0.3) is 0 Å². The highest BCUT2D eigenvalue weighted by atomic mass is 16.5. The van der Waals surface area contributed by atoms with Gasteiger partial charge in [-0.25, -0.2) is 0 Å². The zero-order chi connectivity index (χ0) is 14.7. The maximum atomic E-state index is 12.1. The molecule has 0 aromatic heterocycles. The van der Waals surface area contributed by atoms with E-state index in [1.807, 2.05) is 0 Å². The first kappa shape index (κ1) is 14.9. The Bertz CT molecular complexity index is 452. The van der Waals surface area contributed by atoms with Crippen LogP contribution in [0.4, 0.5) is 0 Å². The third-order valence-electron chi connectivity index (χ3n) is 3.51. The Labute approximate surface area is 117 Å². The van der Waals surface area contributed by atoms with Gasteiger partial charge in [-0.3, -0.25) is 4.79 Å². The third kappa shape index (κ3) is 2.99. The van der Waals surface area contributed by atoms with E-state index in [2.05, 4.69) is 5.32 Å². The minimum atomic E-state index is -1.24. The van der Waals surface area contributed by atoms with E-state index in [-0.39, 0.29) is 12.5 Å². The Hall–Kier alpha value is -1.47. The molecule has 110 valence electrons. The summed E-state index contributed by atoms with van der Waals surface area (Å²) in [4.78, 5) is 12.1. The lowest BCUT2D eigenvalue weighted by molar-refractivity contribution is -0.187. The second kappa shape index (κ2) is 6.32. The Morgan fingerprint density at radius 2 is 1.90 bits per heavy atom. The quantitative estimate of drug-likeness (QED) is 0.586. The highest BCUT2D eigenvalue weighted by Crippen LogP contribution is 2.21. The molecule has 6 heteroatoms. The number of aliphatic hydroxyl groups excluding tert-OH is 3. The topological polar surface area (TPSA) is 99.0 Å². The molecule has 20 heavy (non-hydrogen) atoms. The van der Waals surface area contributed by atoms with Crippen molar-refractivity contribution in [3.63, 3.8) is 0 Å². The molecule has 4 N–H and O–H groups in total. The molecule has 0 saturated carbocycles. The van der Waals surface area contributed by atoms with E-state index in [0.717, 1.165) is 0 Å². The molecule has 1 amide bonds. The predicted octanol–water partition coefficient (Wildman–Crippen LogP) is -0.714. The second-order valence-corrected chi connectivity index (χ2v) is 4.91. The van der Waals surface area contributed by atoms with Gasteiger partial charge in [0.25, 0.3) is 5.91 Å². The maximum absolute atomic E-state index is 12.1. The standard InChI is InChI=1S/C14H19NO5/c1-8-11(13(18)12(17)10(7-16)20-8)15-14(19)9-5-3-2-4-6-9/h2-6,8,10-13,16-18H,7H2,1H3,(H,15,19)/t8-,10-,11-,12+,13-/m0/s1. The van der Waals surface area contributed by atoms with Crippen LogP contribution in [0.5, 0.6) is 0 Å². The van der Waals surface area contributed by atoms with E-state index in [0.29, 0.717) is 5.56 Å². The summed E-state index contributed by atoms with van der Waals surface area (Å²) in [6, 6.07) is 7.85. The van der Waals surface area contributed by atoms with Gasteiger partial charge in [0.15, 0.2) is 0 Å². The number of benzene rings is 1. The summed E-state index contributed by atoms with van der Waals surface area (Å²) >= 11 is 0. The highest BCUT2D eigenvalue weighted by molar-refractivity contribution is 5.94. The average Bonchev–Trinajstić information content (AvgIpc) is 2.48. The predicted molar refractivity (Wildman–Crippen MR) is 71.1 cm³/mol. The van der Waals surface area contributed by atoms with Crippen LogP contribution in [0, 0.1) is 0 Å². The van der Waals surface area contributed by atoms with Crippen molar-refractivity contribution in [2.45, 2.75) is 37.4 Å². The van der Waals surface area contributed by atoms with Crippen molar-refractivity contribution in [2.75, 3.05) is 6.61 Å². The number of hydrogen-bond donors (Lipinski definition) is 4. The molecule has 2 rings (SSSR count). The molecule has 0 unspecified atom stereocenters. The summed E-state index contributed by atoms with van der Waals surface area (Å²) < 4.78 is 5.39. The van der Waals surface area contributed by atoms with Gasteiger partial charge < -0.3 is 25.4 Å². The first-order valence-electron chi connectivity index (χ1n) is 6.53. The first-order valence-corrected chi connectivity index (χ1v) is 6.53. The molecule has 1 heterocycles. The van der Waals surface area contributed by atoms with Crippen molar-refractivity contribution in [1.29, 1.82) is 0 Å². The van der Waals surface area contributed by atoms with Crippen LogP contribution in [0.1, 0.15) is 17.3 Å². The number of amides is 1. The van der Waals surface area contributed by atoms with Gasteiger partial charge in [0.1, 0.15) is 18.3 Å². The molecule has 0 spiro atoms. The van der Waals surface area contributed by atoms with Crippen molar-refractivity contribution >= 4 is 5.91 Å². The zero-order valence-corrected chi connectivity index (χ0v) is 11.1. The van der Waals surface area contributed by atoms with Crippen molar-refractivity contribution < 1.29 is 24.9 Å². The van der Waals surface area contributed by atoms with Gasteiger partial charge in [-0.15, -0.1) is 0 Å². The van der Waals surface area contributed by atoms with E-state index < -0.39 is 30.5 Å². The molecule has 0 aliphatic carbocycles. The fraction of sp³-hybridized carbons (Fsp3) is 0.500. The Kier molecular flexibility index (Phi) is 4.72. The summed E-state index contributed by atoms with van der Waals surface area (Å²) in [6.07, 6.45) is -3.79. The Morgan fingerprint density at radius 3 is 2.50 bits per heavy atom. The molecular formula is C14H19NO5. The van der Waals surface area contributed by atoms with Crippen molar-refractivity contribution in [1.82, 2.24) is 5.32 Å². The van der Waals surface area contributed by atoms with Crippen molar-refractivity contribution in [3.05, 3.63) is 35.9 Å². The Morgan fingerprint density at radius 1 is 1.25 bits per heavy atom. The van der Waals surface area contributed by atoms with Crippen LogP contribution in [-0.2, 0) is 4.74 Å². The lowest BCUT2D eigenvalue weighted by Gasteiger charge is -2.41. The smallest absolute Gasteiger partial charge is 0.251 e. The summed E-state index contributed by atoms with van der Waals surface area (Å²) in [5.41, 5.74) is 0.464. The van der Waals surface area contributed by atoms with Crippen LogP contribution in [0.2, 0.25) is 0 Å². The van der Waals surface area contributed by atoms with Gasteiger partial charge in [0, 0.05) is 5.56 Å². The van der Waals surface area contributed by atoms with Gasteiger partial charge in [-0.05, 0) is 19.1 Å². The SMILES string of the molecule is C[C@@H]1O[C@@H](CO)[C@@H](O)[C@@H](O)[C@H]1NC(=O)c1ccccc1. The van der Waals surface area contributed by atoms with Crippen LogP contribution in [0.15, 0.2) is 30.3 Å². The van der Waals surface area contributed by atoms with E-state index >= 15 is 0 Å². The van der Waals surface area contributed by atoms with Gasteiger partial charge in [0.05, 0.1) is 18.8 Å². The number of nitrogens with one attached hydrogen (secondary N) is 1.